The molecule has 3 aromatic rings. The van der Waals surface area contributed by atoms with Gasteiger partial charge in [0, 0.05) is 37.7 Å². The second-order valence-corrected chi connectivity index (χ2v) is 9.54. The Kier molecular flexibility index (Phi) is 9.59. The second kappa shape index (κ2) is 13.5. The standard InChI is InChI=1S/C30H33FN6O2/c31-23-8-3-6-21(18-23)14-16-34-29-26(12-13-27(36-29)25-10-2-1-7-22(25)19-33)30(39)35-20-24-9-5-17-37(24)28(38)11-4-15-32/h1-3,6-8,10,12-13,18,24H,4-5,9,11,14-17,20,32H2,(H,34,36)(H,35,39)/t24-/m0/s1. The number of hydrogen-bond acceptors (Lipinski definition) is 6. The summed E-state index contributed by atoms with van der Waals surface area (Å²) in [5, 5.41) is 15.8. The van der Waals surface area contributed by atoms with Crippen molar-refractivity contribution in [3.05, 3.63) is 83.2 Å². The number of hydrogen-bond donors (Lipinski definition) is 3. The summed E-state index contributed by atoms with van der Waals surface area (Å²) in [6.45, 7) is 1.92. The van der Waals surface area contributed by atoms with Crippen molar-refractivity contribution in [2.45, 2.75) is 38.1 Å². The monoisotopic (exact) mass is 528 g/mol. The molecule has 2 aromatic carbocycles. The van der Waals surface area contributed by atoms with Gasteiger partial charge in [0.25, 0.3) is 5.91 Å². The van der Waals surface area contributed by atoms with E-state index >= 15 is 0 Å². The third kappa shape index (κ3) is 7.18. The second-order valence-electron chi connectivity index (χ2n) is 9.54. The van der Waals surface area contributed by atoms with Gasteiger partial charge in [-0.1, -0.05) is 30.3 Å². The predicted octanol–water partition coefficient (Wildman–Crippen LogP) is 3.87. The zero-order valence-electron chi connectivity index (χ0n) is 21.8. The smallest absolute Gasteiger partial charge is 0.255 e. The summed E-state index contributed by atoms with van der Waals surface area (Å²) in [5.74, 6) is -0.170. The molecule has 1 fully saturated rings. The molecule has 2 amide bonds. The van der Waals surface area contributed by atoms with Gasteiger partial charge in [-0.3, -0.25) is 9.59 Å². The molecule has 1 atom stereocenters. The SMILES string of the molecule is N#Cc1ccccc1-c1ccc(C(=O)NC[C@@H]2CCCN2C(=O)CCCN)c(NCCc2cccc(F)c2)n1. The minimum atomic E-state index is -0.308. The van der Waals surface area contributed by atoms with E-state index in [4.69, 9.17) is 10.7 Å². The van der Waals surface area contributed by atoms with E-state index in [-0.39, 0.29) is 23.7 Å². The Bertz CT molecular complexity index is 1360. The first-order chi connectivity index (χ1) is 19.0. The molecular formula is C30H33FN6O2. The van der Waals surface area contributed by atoms with Crippen LogP contribution in [0.15, 0.2) is 60.7 Å². The third-order valence-corrected chi connectivity index (χ3v) is 6.85. The van der Waals surface area contributed by atoms with Crippen LogP contribution in [0.2, 0.25) is 0 Å². The van der Waals surface area contributed by atoms with Crippen molar-refractivity contribution in [2.75, 3.05) is 31.5 Å². The molecule has 1 aliphatic rings. The highest BCUT2D eigenvalue weighted by molar-refractivity contribution is 5.99. The first-order valence-corrected chi connectivity index (χ1v) is 13.3. The van der Waals surface area contributed by atoms with Crippen LogP contribution in [0.4, 0.5) is 10.2 Å². The molecule has 0 spiro atoms. The first kappa shape index (κ1) is 27.7. The van der Waals surface area contributed by atoms with Crippen LogP contribution in [-0.4, -0.2) is 53.9 Å². The number of nitrogens with zero attached hydrogens (tertiary/aromatic N) is 3. The van der Waals surface area contributed by atoms with Gasteiger partial charge >= 0.3 is 0 Å². The van der Waals surface area contributed by atoms with E-state index in [1.165, 1.54) is 12.1 Å². The highest BCUT2D eigenvalue weighted by Gasteiger charge is 2.29. The highest BCUT2D eigenvalue weighted by Crippen LogP contribution is 2.25. The van der Waals surface area contributed by atoms with Crippen molar-refractivity contribution >= 4 is 17.6 Å². The van der Waals surface area contributed by atoms with E-state index < -0.39 is 0 Å². The minimum absolute atomic E-state index is 0.0571. The zero-order valence-corrected chi connectivity index (χ0v) is 21.8. The summed E-state index contributed by atoms with van der Waals surface area (Å²) < 4.78 is 13.6. The number of nitrogens with one attached hydrogen (secondary N) is 2. The summed E-state index contributed by atoms with van der Waals surface area (Å²) >= 11 is 0. The van der Waals surface area contributed by atoms with Crippen LogP contribution in [0.5, 0.6) is 0 Å². The molecule has 2 heterocycles. The van der Waals surface area contributed by atoms with Crippen LogP contribution in [0.25, 0.3) is 11.3 Å². The number of aromatic nitrogens is 1. The van der Waals surface area contributed by atoms with Gasteiger partial charge in [0.1, 0.15) is 11.6 Å². The number of nitriles is 1. The number of anilines is 1. The number of halogens is 1. The molecular weight excluding hydrogens is 495 g/mol. The molecule has 8 nitrogen and oxygen atoms in total. The Morgan fingerprint density at radius 3 is 2.79 bits per heavy atom. The van der Waals surface area contributed by atoms with E-state index in [1.54, 1.807) is 30.3 Å². The molecule has 9 heteroatoms. The fourth-order valence-electron chi connectivity index (χ4n) is 4.83. The van der Waals surface area contributed by atoms with Gasteiger partial charge in [-0.2, -0.15) is 5.26 Å². The fraction of sp³-hybridized carbons (Fsp3) is 0.333. The van der Waals surface area contributed by atoms with Crippen molar-refractivity contribution in [3.8, 4) is 17.3 Å². The molecule has 39 heavy (non-hydrogen) atoms. The molecule has 1 saturated heterocycles. The molecule has 1 aromatic heterocycles. The molecule has 0 bridgehead atoms. The summed E-state index contributed by atoms with van der Waals surface area (Å²) in [4.78, 5) is 32.4. The van der Waals surface area contributed by atoms with Gasteiger partial charge < -0.3 is 21.3 Å². The number of carbonyl (C=O) groups is 2. The van der Waals surface area contributed by atoms with Crippen molar-refractivity contribution in [2.24, 2.45) is 5.73 Å². The Morgan fingerprint density at radius 1 is 1.15 bits per heavy atom. The average molecular weight is 529 g/mol. The van der Waals surface area contributed by atoms with Crippen LogP contribution in [0.1, 0.15) is 47.2 Å². The Balaban J connectivity index is 1.51. The van der Waals surface area contributed by atoms with E-state index in [9.17, 15) is 19.2 Å². The van der Waals surface area contributed by atoms with Crippen LogP contribution in [0.3, 0.4) is 0 Å². The summed E-state index contributed by atoms with van der Waals surface area (Å²) in [6.07, 6.45) is 3.31. The van der Waals surface area contributed by atoms with Gasteiger partial charge in [0.15, 0.2) is 0 Å². The lowest BCUT2D eigenvalue weighted by Crippen LogP contribution is -2.43. The molecule has 0 aliphatic carbocycles. The number of carbonyl (C=O) groups excluding carboxylic acids is 2. The van der Waals surface area contributed by atoms with Gasteiger partial charge in [-0.25, -0.2) is 9.37 Å². The molecule has 202 valence electrons. The third-order valence-electron chi connectivity index (χ3n) is 6.85. The molecule has 0 unspecified atom stereocenters. The number of likely N-dealkylation sites (tertiary alicyclic amines) is 1. The number of benzene rings is 2. The Morgan fingerprint density at radius 2 is 2.00 bits per heavy atom. The summed E-state index contributed by atoms with van der Waals surface area (Å²) in [7, 11) is 0. The van der Waals surface area contributed by atoms with Crippen LogP contribution in [-0.2, 0) is 11.2 Å². The molecule has 4 rings (SSSR count). The van der Waals surface area contributed by atoms with Gasteiger partial charge in [-0.15, -0.1) is 0 Å². The number of rotatable bonds is 11. The zero-order chi connectivity index (χ0) is 27.6. The topological polar surface area (TPSA) is 124 Å². The Hall–Kier alpha value is -4.29. The molecule has 0 saturated carbocycles. The maximum Gasteiger partial charge on any atom is 0.255 e. The van der Waals surface area contributed by atoms with Crippen LogP contribution in [0, 0.1) is 17.1 Å². The average Bonchev–Trinajstić information content (AvgIpc) is 3.43. The Labute approximate surface area is 228 Å². The van der Waals surface area contributed by atoms with Gasteiger partial charge in [-0.05, 0) is 68.1 Å². The van der Waals surface area contributed by atoms with E-state index in [1.807, 2.05) is 23.1 Å². The van der Waals surface area contributed by atoms with E-state index in [0.717, 1.165) is 18.4 Å². The number of amides is 2. The maximum atomic E-state index is 13.6. The molecule has 4 N–H and O–H groups in total. The first-order valence-electron chi connectivity index (χ1n) is 13.3. The quantitative estimate of drug-likeness (QED) is 0.347. The summed E-state index contributed by atoms with van der Waals surface area (Å²) in [6, 6.07) is 19.1. The highest BCUT2D eigenvalue weighted by atomic mass is 19.1. The van der Waals surface area contributed by atoms with Crippen LogP contribution >= 0.6 is 0 Å². The van der Waals surface area contributed by atoms with Crippen LogP contribution < -0.4 is 16.4 Å². The van der Waals surface area contributed by atoms with Crippen molar-refractivity contribution in [1.29, 1.82) is 5.26 Å². The normalized spacial score (nSPS) is 14.6. The number of pyridine rings is 1. The molecule has 1 aliphatic heterocycles. The van der Waals surface area contributed by atoms with E-state index in [2.05, 4.69) is 16.7 Å². The van der Waals surface area contributed by atoms with Crippen molar-refractivity contribution in [3.63, 3.8) is 0 Å². The van der Waals surface area contributed by atoms with Gasteiger partial charge in [0.05, 0.1) is 22.9 Å². The van der Waals surface area contributed by atoms with Crippen molar-refractivity contribution in [1.82, 2.24) is 15.2 Å². The minimum Gasteiger partial charge on any atom is -0.369 e. The maximum absolute atomic E-state index is 13.6. The lowest BCUT2D eigenvalue weighted by molar-refractivity contribution is -0.132. The summed E-state index contributed by atoms with van der Waals surface area (Å²) in [5.41, 5.74) is 8.43. The fourth-order valence-corrected chi connectivity index (χ4v) is 4.83. The lowest BCUT2D eigenvalue weighted by Gasteiger charge is -2.25. The van der Waals surface area contributed by atoms with E-state index in [0.29, 0.717) is 73.6 Å². The number of nitrogens with two attached hydrogens (primary N) is 1. The van der Waals surface area contributed by atoms with Crippen molar-refractivity contribution < 1.29 is 14.0 Å². The predicted molar refractivity (Wildman–Crippen MR) is 148 cm³/mol. The largest absolute Gasteiger partial charge is 0.369 e. The lowest BCUT2D eigenvalue weighted by atomic mass is 10.0. The molecule has 0 radical (unpaired) electrons. The van der Waals surface area contributed by atoms with Gasteiger partial charge in [0.2, 0.25) is 5.91 Å².